The molecule has 0 spiro atoms. The Morgan fingerprint density at radius 3 is 1.75 bits per heavy atom. The molecular formula is C8H14N2O6. The number of carbonyl (C=O) groups is 4. The lowest BCUT2D eigenvalue weighted by Gasteiger charge is -2.01. The van der Waals surface area contributed by atoms with E-state index in [0.717, 1.165) is 6.92 Å². The highest BCUT2D eigenvalue weighted by Gasteiger charge is 2.11. The SMILES string of the molecule is CC(=O)[13C](=O)O.NC(CC[13C](N)=O)C(=O)O. The van der Waals surface area contributed by atoms with Gasteiger partial charge in [-0.05, 0) is 6.42 Å². The molecule has 6 N–H and O–H groups in total. The molecule has 0 rings (SSSR count). The van der Waals surface area contributed by atoms with Crippen molar-refractivity contribution in [3.63, 3.8) is 0 Å². The fourth-order valence-electron chi connectivity index (χ4n) is 0.421. The Morgan fingerprint density at radius 1 is 1.19 bits per heavy atom. The topological polar surface area (TPSA) is 161 Å². The van der Waals surface area contributed by atoms with Crippen molar-refractivity contribution >= 4 is 23.6 Å². The van der Waals surface area contributed by atoms with Crippen LogP contribution in [-0.4, -0.2) is 39.9 Å². The van der Waals surface area contributed by atoms with Crippen molar-refractivity contribution < 1.29 is 29.4 Å². The highest BCUT2D eigenvalue weighted by Crippen LogP contribution is 1.92. The number of hydrogen-bond donors (Lipinski definition) is 4. The van der Waals surface area contributed by atoms with Crippen molar-refractivity contribution in [3.05, 3.63) is 0 Å². The summed E-state index contributed by atoms with van der Waals surface area (Å²) in [5, 5.41) is 15.9. The summed E-state index contributed by atoms with van der Waals surface area (Å²) < 4.78 is 0. The zero-order valence-corrected chi connectivity index (χ0v) is 8.67. The Bertz CT molecular complexity index is 276. The number of hydrogen-bond acceptors (Lipinski definition) is 5. The van der Waals surface area contributed by atoms with Gasteiger partial charge in [-0.1, -0.05) is 0 Å². The van der Waals surface area contributed by atoms with Crippen molar-refractivity contribution in [2.45, 2.75) is 25.8 Å². The van der Waals surface area contributed by atoms with Gasteiger partial charge in [0.05, 0.1) is 0 Å². The van der Waals surface area contributed by atoms with Crippen LogP contribution in [0.3, 0.4) is 0 Å². The first-order chi connectivity index (χ1) is 7.18. The number of rotatable bonds is 5. The van der Waals surface area contributed by atoms with Gasteiger partial charge in [0, 0.05) is 13.3 Å². The van der Waals surface area contributed by atoms with Crippen LogP contribution in [0.4, 0.5) is 0 Å². The second kappa shape index (κ2) is 8.36. The molecule has 0 aliphatic carbocycles. The number of Topliss-reactive ketones (excluding diaryl/α,β-unsaturated/α-hetero) is 1. The van der Waals surface area contributed by atoms with Crippen LogP contribution in [0.1, 0.15) is 19.8 Å². The predicted octanol–water partition coefficient (Wildman–Crippen LogP) is -1.68. The molecule has 0 radical (unpaired) electrons. The van der Waals surface area contributed by atoms with E-state index < -0.39 is 29.7 Å². The summed E-state index contributed by atoms with van der Waals surface area (Å²) in [5.41, 5.74) is 9.81. The molecule has 1 amide bonds. The lowest BCUT2D eigenvalue weighted by Crippen LogP contribution is -2.31. The van der Waals surface area contributed by atoms with E-state index in [1.54, 1.807) is 0 Å². The van der Waals surface area contributed by atoms with Gasteiger partial charge in [0.2, 0.25) is 11.7 Å². The third-order valence-electron chi connectivity index (χ3n) is 1.32. The number of primary amides is 1. The van der Waals surface area contributed by atoms with Gasteiger partial charge in [0.25, 0.3) is 0 Å². The van der Waals surface area contributed by atoms with E-state index in [0.29, 0.717) is 0 Å². The van der Waals surface area contributed by atoms with Gasteiger partial charge in [-0.3, -0.25) is 14.4 Å². The number of aliphatic carboxylic acids is 2. The predicted molar refractivity (Wildman–Crippen MR) is 52.4 cm³/mol. The van der Waals surface area contributed by atoms with Crippen molar-refractivity contribution in [2.24, 2.45) is 11.5 Å². The molecular weight excluding hydrogens is 222 g/mol. The summed E-state index contributed by atoms with van der Waals surface area (Å²) >= 11 is 0. The fraction of sp³-hybridized carbons (Fsp3) is 0.500. The maximum absolute atomic E-state index is 10.1. The third kappa shape index (κ3) is 12.0. The van der Waals surface area contributed by atoms with E-state index in [9.17, 15) is 19.2 Å². The molecule has 0 aromatic rings. The minimum absolute atomic E-state index is 0.0213. The molecule has 0 aromatic heterocycles. The van der Waals surface area contributed by atoms with Crippen molar-refractivity contribution in [1.29, 1.82) is 0 Å². The number of ketones is 1. The van der Waals surface area contributed by atoms with E-state index in [2.05, 4.69) is 0 Å². The molecule has 0 saturated heterocycles. The second-order valence-corrected chi connectivity index (χ2v) is 2.81. The smallest absolute Gasteiger partial charge is 0.371 e. The minimum Gasteiger partial charge on any atom is -0.480 e. The van der Waals surface area contributed by atoms with E-state index in [1.165, 1.54) is 0 Å². The highest BCUT2D eigenvalue weighted by molar-refractivity contribution is 6.31. The Balaban J connectivity index is 0. The van der Waals surface area contributed by atoms with Crippen LogP contribution in [0.2, 0.25) is 0 Å². The van der Waals surface area contributed by atoms with Crippen LogP contribution in [0.25, 0.3) is 0 Å². The Hall–Kier alpha value is -1.96. The summed E-state index contributed by atoms with van der Waals surface area (Å²) in [5.74, 6) is -3.84. The first kappa shape index (κ1) is 16.5. The van der Waals surface area contributed by atoms with E-state index in [-0.39, 0.29) is 12.8 Å². The van der Waals surface area contributed by atoms with Crippen LogP contribution in [0.15, 0.2) is 0 Å². The Kier molecular flexibility index (Phi) is 8.60. The highest BCUT2D eigenvalue weighted by atomic mass is 16.5. The standard InChI is InChI=1S/C5H10N2O3.C3H4O3/c6-3(5(9)10)1-2-4(7)8;1-2(4)3(5)6/h3H,1-2,6H2,(H2,7,8)(H,9,10);1H3,(H,5,6)/i4+1;3+1. The molecule has 0 aromatic carbocycles. The number of carboxylic acids is 2. The molecule has 0 saturated carbocycles. The van der Waals surface area contributed by atoms with Crippen LogP contribution in [-0.2, 0) is 19.2 Å². The monoisotopic (exact) mass is 236 g/mol. The molecule has 0 aliphatic heterocycles. The molecule has 8 heteroatoms. The largest absolute Gasteiger partial charge is 0.480 e. The van der Waals surface area contributed by atoms with E-state index in [1.807, 2.05) is 0 Å². The molecule has 0 fully saturated rings. The summed E-state index contributed by atoms with van der Waals surface area (Å²) in [4.78, 5) is 39.0. The molecule has 1 atom stereocenters. The molecule has 0 aliphatic rings. The first-order valence-corrected chi connectivity index (χ1v) is 4.19. The Morgan fingerprint density at radius 2 is 1.56 bits per heavy atom. The Labute approximate surface area is 91.2 Å². The van der Waals surface area contributed by atoms with E-state index >= 15 is 0 Å². The molecule has 16 heavy (non-hydrogen) atoms. The average molecular weight is 236 g/mol. The molecule has 0 heterocycles. The van der Waals surface area contributed by atoms with Crippen LogP contribution < -0.4 is 11.5 Å². The summed E-state index contributed by atoms with van der Waals surface area (Å²) in [6.45, 7) is 1.00. The van der Waals surface area contributed by atoms with Gasteiger partial charge in [-0.25, -0.2) is 4.79 Å². The fourth-order valence-corrected chi connectivity index (χ4v) is 0.421. The normalized spacial score (nSPS) is 10.6. The van der Waals surface area contributed by atoms with Gasteiger partial charge in [0.15, 0.2) is 0 Å². The average Bonchev–Trinajstić information content (AvgIpc) is 2.14. The van der Waals surface area contributed by atoms with Crippen LogP contribution in [0.5, 0.6) is 0 Å². The summed E-state index contributed by atoms with van der Waals surface area (Å²) in [7, 11) is 0. The van der Waals surface area contributed by atoms with Gasteiger partial charge in [0.1, 0.15) is 6.04 Å². The molecule has 8 nitrogen and oxygen atoms in total. The summed E-state index contributed by atoms with van der Waals surface area (Å²) in [6.07, 6.45) is 0.123. The lowest BCUT2D eigenvalue weighted by atomic mass is 10.2. The zero-order chi connectivity index (χ0) is 13.3. The maximum Gasteiger partial charge on any atom is 0.371 e. The van der Waals surface area contributed by atoms with Crippen LogP contribution >= 0.6 is 0 Å². The number of nitrogens with two attached hydrogens (primary N) is 2. The molecule has 0 bridgehead atoms. The quantitative estimate of drug-likeness (QED) is 0.327. The third-order valence-corrected chi connectivity index (χ3v) is 1.32. The van der Waals surface area contributed by atoms with Crippen molar-refractivity contribution in [1.82, 2.24) is 0 Å². The van der Waals surface area contributed by atoms with Crippen molar-refractivity contribution in [2.75, 3.05) is 0 Å². The maximum atomic E-state index is 10.1. The second-order valence-electron chi connectivity index (χ2n) is 2.81. The van der Waals surface area contributed by atoms with Gasteiger partial charge < -0.3 is 21.7 Å². The molecule has 1 unspecified atom stereocenters. The van der Waals surface area contributed by atoms with Gasteiger partial charge in [-0.2, -0.15) is 0 Å². The molecule has 92 valence electrons. The van der Waals surface area contributed by atoms with Crippen LogP contribution in [0, 0.1) is 0 Å². The van der Waals surface area contributed by atoms with Gasteiger partial charge >= 0.3 is 11.9 Å². The first-order valence-electron chi connectivity index (χ1n) is 4.19. The summed E-state index contributed by atoms with van der Waals surface area (Å²) in [6, 6.07) is -0.979. The number of carbonyl (C=O) groups excluding carboxylic acids is 2. The number of carboxylic acid groups (broad SMARTS) is 2. The zero-order valence-electron chi connectivity index (χ0n) is 8.67. The van der Waals surface area contributed by atoms with Gasteiger partial charge in [-0.15, -0.1) is 0 Å². The van der Waals surface area contributed by atoms with E-state index in [4.69, 9.17) is 21.7 Å². The van der Waals surface area contributed by atoms with Crippen molar-refractivity contribution in [3.8, 4) is 0 Å². The number of amides is 1. The lowest BCUT2D eigenvalue weighted by molar-refractivity contribution is -0.148. The minimum atomic E-state index is -1.38.